The fraction of sp³-hybridized carbons (Fsp3) is 0.0870. The SMILES string of the molecule is Cc1ccccc1/C=N/N=C1\S/C(=C\c2cc(Cl)ccc2O)C(=O)N1Cc1ccco1. The summed E-state index contributed by atoms with van der Waals surface area (Å²) in [6.07, 6.45) is 4.80. The highest BCUT2D eigenvalue weighted by molar-refractivity contribution is 8.18. The number of phenols is 1. The Morgan fingerprint density at radius 2 is 2.00 bits per heavy atom. The highest BCUT2D eigenvalue weighted by Crippen LogP contribution is 2.35. The average molecular weight is 452 g/mol. The van der Waals surface area contributed by atoms with Gasteiger partial charge in [0, 0.05) is 10.6 Å². The summed E-state index contributed by atoms with van der Waals surface area (Å²) in [4.78, 5) is 15.0. The zero-order valence-corrected chi connectivity index (χ0v) is 18.1. The van der Waals surface area contributed by atoms with Gasteiger partial charge in [-0.15, -0.1) is 5.10 Å². The van der Waals surface area contributed by atoms with Crippen molar-refractivity contribution in [1.29, 1.82) is 0 Å². The van der Waals surface area contributed by atoms with Crippen molar-refractivity contribution in [3.05, 3.63) is 93.2 Å². The molecule has 1 amide bonds. The van der Waals surface area contributed by atoms with Crippen molar-refractivity contribution >= 4 is 46.7 Å². The summed E-state index contributed by atoms with van der Waals surface area (Å²) in [6.45, 7) is 2.21. The number of rotatable bonds is 5. The number of aromatic hydroxyl groups is 1. The van der Waals surface area contributed by atoms with Crippen LogP contribution < -0.4 is 0 Å². The first-order valence-corrected chi connectivity index (χ1v) is 10.6. The number of aryl methyl sites for hydroxylation is 1. The van der Waals surface area contributed by atoms with Crippen molar-refractivity contribution in [2.45, 2.75) is 13.5 Å². The van der Waals surface area contributed by atoms with E-state index >= 15 is 0 Å². The molecule has 4 rings (SSSR count). The molecule has 1 aliphatic heterocycles. The van der Waals surface area contributed by atoms with Gasteiger partial charge in [0.15, 0.2) is 5.17 Å². The van der Waals surface area contributed by atoms with Gasteiger partial charge in [0.2, 0.25) is 0 Å². The molecule has 6 nitrogen and oxygen atoms in total. The van der Waals surface area contributed by atoms with E-state index in [9.17, 15) is 9.90 Å². The zero-order chi connectivity index (χ0) is 21.8. The van der Waals surface area contributed by atoms with Crippen LogP contribution in [0.3, 0.4) is 0 Å². The molecule has 156 valence electrons. The second kappa shape index (κ2) is 9.24. The minimum Gasteiger partial charge on any atom is -0.507 e. The molecule has 1 fully saturated rings. The quantitative estimate of drug-likeness (QED) is 0.317. The van der Waals surface area contributed by atoms with Crippen LogP contribution in [0.2, 0.25) is 5.02 Å². The van der Waals surface area contributed by atoms with Gasteiger partial charge in [-0.2, -0.15) is 5.10 Å². The standard InChI is InChI=1S/C23H18ClN3O3S/c1-15-5-2-3-6-16(15)13-25-26-23-27(14-19-7-4-10-30-19)22(29)21(31-23)12-17-11-18(24)8-9-20(17)28/h2-13,28H,14H2,1H3/b21-12-,25-13+,26-23-. The van der Waals surface area contributed by atoms with E-state index in [1.165, 1.54) is 22.7 Å². The van der Waals surface area contributed by atoms with E-state index in [4.69, 9.17) is 16.0 Å². The van der Waals surface area contributed by atoms with Gasteiger partial charge in [0.25, 0.3) is 5.91 Å². The summed E-state index contributed by atoms with van der Waals surface area (Å²) in [6, 6.07) is 16.0. The van der Waals surface area contributed by atoms with Crippen LogP contribution in [-0.4, -0.2) is 27.3 Å². The maximum Gasteiger partial charge on any atom is 0.267 e. The maximum absolute atomic E-state index is 13.1. The monoisotopic (exact) mass is 451 g/mol. The first kappa shape index (κ1) is 21.0. The molecule has 0 spiro atoms. The fourth-order valence-corrected chi connectivity index (χ4v) is 4.04. The molecule has 31 heavy (non-hydrogen) atoms. The molecule has 3 aromatic rings. The molecule has 0 aliphatic carbocycles. The van der Waals surface area contributed by atoms with Crippen LogP contribution in [0.15, 0.2) is 80.4 Å². The minimum atomic E-state index is -0.259. The predicted molar refractivity (Wildman–Crippen MR) is 124 cm³/mol. The molecule has 8 heteroatoms. The zero-order valence-electron chi connectivity index (χ0n) is 16.5. The summed E-state index contributed by atoms with van der Waals surface area (Å²) >= 11 is 7.21. The highest BCUT2D eigenvalue weighted by Gasteiger charge is 2.34. The van der Waals surface area contributed by atoms with Gasteiger partial charge in [-0.3, -0.25) is 9.69 Å². The molecule has 0 unspecified atom stereocenters. The van der Waals surface area contributed by atoms with Crippen molar-refractivity contribution in [2.24, 2.45) is 10.2 Å². The van der Waals surface area contributed by atoms with Gasteiger partial charge >= 0.3 is 0 Å². The Balaban J connectivity index is 1.66. The van der Waals surface area contributed by atoms with E-state index < -0.39 is 0 Å². The second-order valence-electron chi connectivity index (χ2n) is 6.77. The molecular formula is C23H18ClN3O3S. The van der Waals surface area contributed by atoms with E-state index in [2.05, 4.69) is 10.2 Å². The Bertz CT molecular complexity index is 1200. The molecule has 1 N–H and O–H groups in total. The summed E-state index contributed by atoms with van der Waals surface area (Å²) in [5.41, 5.74) is 2.47. The third kappa shape index (κ3) is 4.90. The van der Waals surface area contributed by atoms with E-state index in [0.717, 1.165) is 11.1 Å². The number of thioether (sulfide) groups is 1. The largest absolute Gasteiger partial charge is 0.507 e. The van der Waals surface area contributed by atoms with Crippen LogP contribution in [0.1, 0.15) is 22.5 Å². The third-order valence-corrected chi connectivity index (χ3v) is 5.82. The number of carbonyl (C=O) groups is 1. The highest BCUT2D eigenvalue weighted by atomic mass is 35.5. The van der Waals surface area contributed by atoms with Crippen LogP contribution in [0, 0.1) is 6.92 Å². The Morgan fingerprint density at radius 1 is 1.16 bits per heavy atom. The molecule has 0 radical (unpaired) electrons. The number of amides is 1. The van der Waals surface area contributed by atoms with Crippen molar-refractivity contribution in [3.8, 4) is 5.75 Å². The van der Waals surface area contributed by atoms with Gasteiger partial charge in [-0.25, -0.2) is 0 Å². The molecular weight excluding hydrogens is 434 g/mol. The number of carbonyl (C=O) groups excluding carboxylic acids is 1. The van der Waals surface area contributed by atoms with E-state index in [0.29, 0.717) is 26.4 Å². The normalized spacial score (nSPS) is 16.8. The van der Waals surface area contributed by atoms with Gasteiger partial charge in [0.1, 0.15) is 11.5 Å². The molecule has 0 bridgehead atoms. The molecule has 2 heterocycles. The molecule has 0 atom stereocenters. The molecule has 1 aromatic heterocycles. The van der Waals surface area contributed by atoms with Crippen molar-refractivity contribution in [2.75, 3.05) is 0 Å². The number of amidine groups is 1. The summed E-state index contributed by atoms with van der Waals surface area (Å²) in [5, 5.41) is 19.5. The lowest BCUT2D eigenvalue weighted by molar-refractivity contribution is -0.122. The number of hydrogen-bond donors (Lipinski definition) is 1. The molecule has 0 saturated carbocycles. The van der Waals surface area contributed by atoms with Gasteiger partial charge in [-0.05, 0) is 66.2 Å². The fourth-order valence-electron chi connectivity index (χ4n) is 2.93. The lowest BCUT2D eigenvalue weighted by Crippen LogP contribution is -2.28. The van der Waals surface area contributed by atoms with Crippen LogP contribution in [0.5, 0.6) is 5.75 Å². The molecule has 2 aromatic carbocycles. The Hall–Kier alpha value is -3.29. The topological polar surface area (TPSA) is 78.4 Å². The van der Waals surface area contributed by atoms with Gasteiger partial charge in [-0.1, -0.05) is 35.9 Å². The number of furan rings is 1. The van der Waals surface area contributed by atoms with E-state index in [-0.39, 0.29) is 18.2 Å². The van der Waals surface area contributed by atoms with E-state index in [1.807, 2.05) is 31.2 Å². The van der Waals surface area contributed by atoms with Crippen LogP contribution in [0.4, 0.5) is 0 Å². The van der Waals surface area contributed by atoms with Crippen LogP contribution >= 0.6 is 23.4 Å². The van der Waals surface area contributed by atoms with Crippen molar-refractivity contribution in [1.82, 2.24) is 4.90 Å². The number of phenolic OH excluding ortho intramolecular Hbond substituents is 1. The number of nitrogens with zero attached hydrogens (tertiary/aromatic N) is 3. The van der Waals surface area contributed by atoms with Gasteiger partial charge in [0.05, 0.1) is 23.9 Å². The number of hydrogen-bond acceptors (Lipinski definition) is 6. The van der Waals surface area contributed by atoms with Crippen LogP contribution in [0.25, 0.3) is 6.08 Å². The van der Waals surface area contributed by atoms with E-state index in [1.54, 1.807) is 42.8 Å². The second-order valence-corrected chi connectivity index (χ2v) is 8.21. The third-order valence-electron chi connectivity index (χ3n) is 4.59. The molecule has 1 saturated heterocycles. The summed E-state index contributed by atoms with van der Waals surface area (Å²) < 4.78 is 5.40. The Kier molecular flexibility index (Phi) is 6.25. The summed E-state index contributed by atoms with van der Waals surface area (Å²) in [5.74, 6) is 0.396. The number of benzene rings is 2. The molecule has 1 aliphatic rings. The maximum atomic E-state index is 13.1. The Labute approximate surface area is 188 Å². The predicted octanol–water partition coefficient (Wildman–Crippen LogP) is 5.45. The minimum absolute atomic E-state index is 0.0332. The van der Waals surface area contributed by atoms with Crippen LogP contribution in [-0.2, 0) is 11.3 Å². The first-order valence-electron chi connectivity index (χ1n) is 9.40. The number of halogens is 1. The lowest BCUT2D eigenvalue weighted by atomic mass is 10.1. The smallest absolute Gasteiger partial charge is 0.267 e. The van der Waals surface area contributed by atoms with Crippen molar-refractivity contribution in [3.63, 3.8) is 0 Å². The Morgan fingerprint density at radius 3 is 2.77 bits per heavy atom. The lowest BCUT2D eigenvalue weighted by Gasteiger charge is -2.12. The van der Waals surface area contributed by atoms with Gasteiger partial charge < -0.3 is 9.52 Å². The first-order chi connectivity index (χ1) is 15.0. The average Bonchev–Trinajstić information content (AvgIpc) is 3.36. The summed E-state index contributed by atoms with van der Waals surface area (Å²) in [7, 11) is 0. The van der Waals surface area contributed by atoms with Crippen molar-refractivity contribution < 1.29 is 14.3 Å².